The van der Waals surface area contributed by atoms with Gasteiger partial charge in [-0.1, -0.05) is 12.8 Å². The van der Waals surface area contributed by atoms with Gasteiger partial charge in [0.25, 0.3) is 6.01 Å². The number of oxazole rings is 1. The van der Waals surface area contributed by atoms with E-state index in [1.165, 1.54) is 6.26 Å². The van der Waals surface area contributed by atoms with Crippen molar-refractivity contribution in [1.82, 2.24) is 4.98 Å². The van der Waals surface area contributed by atoms with Gasteiger partial charge in [-0.2, -0.15) is 4.98 Å². The molecule has 2 N–H and O–H groups in total. The maximum atomic E-state index is 11.5. The minimum absolute atomic E-state index is 0.0761. The van der Waals surface area contributed by atoms with Crippen LogP contribution >= 0.6 is 0 Å². The summed E-state index contributed by atoms with van der Waals surface area (Å²) >= 11 is 0. The maximum Gasteiger partial charge on any atom is 0.360 e. The van der Waals surface area contributed by atoms with Gasteiger partial charge in [-0.05, 0) is 26.7 Å². The van der Waals surface area contributed by atoms with Gasteiger partial charge in [0, 0.05) is 6.04 Å². The van der Waals surface area contributed by atoms with Crippen LogP contribution in [0.5, 0.6) is 0 Å². The predicted octanol–water partition coefficient (Wildman–Crippen LogP) is 2.30. The van der Waals surface area contributed by atoms with E-state index in [1.54, 1.807) is 13.8 Å². The van der Waals surface area contributed by atoms with Gasteiger partial charge in [-0.25, -0.2) is 4.79 Å². The fraction of sp³-hybridized carbons (Fsp3) is 0.643. The summed E-state index contributed by atoms with van der Waals surface area (Å²) in [6.07, 6.45) is 4.37. The summed E-state index contributed by atoms with van der Waals surface area (Å²) < 4.78 is 10.0. The van der Waals surface area contributed by atoms with Crippen LogP contribution in [-0.2, 0) is 9.53 Å². The molecule has 2 unspecified atom stereocenters. The molecule has 7 heteroatoms. The van der Waals surface area contributed by atoms with E-state index in [4.69, 9.17) is 9.15 Å². The summed E-state index contributed by atoms with van der Waals surface area (Å²) in [5.41, 5.74) is -0.788. The van der Waals surface area contributed by atoms with Crippen molar-refractivity contribution in [3.63, 3.8) is 0 Å². The molecule has 1 aromatic heterocycles. The smallest absolute Gasteiger partial charge is 0.360 e. The van der Waals surface area contributed by atoms with E-state index >= 15 is 0 Å². The summed E-state index contributed by atoms with van der Waals surface area (Å²) in [7, 11) is 0. The Bertz CT molecular complexity index is 527. The standard InChI is InChI=1S/C14H20N2O5/c1-3-20-11(17)9-8-21-13(15-9)16-10-6-4-5-7-14(10,2)12(18)19/h8,10H,3-7H2,1-2H3,(H,15,16)(H,18,19). The van der Waals surface area contributed by atoms with Gasteiger partial charge >= 0.3 is 11.9 Å². The number of rotatable bonds is 5. The van der Waals surface area contributed by atoms with Crippen LogP contribution in [0.3, 0.4) is 0 Å². The van der Waals surface area contributed by atoms with E-state index < -0.39 is 17.4 Å². The molecular weight excluding hydrogens is 276 g/mol. The number of hydrogen-bond acceptors (Lipinski definition) is 6. The molecule has 1 saturated carbocycles. The first-order valence-electron chi connectivity index (χ1n) is 7.10. The number of nitrogens with one attached hydrogen (secondary N) is 1. The fourth-order valence-corrected chi connectivity index (χ4v) is 2.61. The number of anilines is 1. The molecule has 2 rings (SSSR count). The highest BCUT2D eigenvalue weighted by Gasteiger charge is 2.43. The van der Waals surface area contributed by atoms with Crippen LogP contribution in [-0.4, -0.2) is 34.7 Å². The zero-order chi connectivity index (χ0) is 15.5. The number of nitrogens with zero attached hydrogens (tertiary/aromatic N) is 1. The van der Waals surface area contributed by atoms with Crippen LogP contribution in [0.15, 0.2) is 10.7 Å². The van der Waals surface area contributed by atoms with E-state index in [1.807, 2.05) is 0 Å². The predicted molar refractivity (Wildman–Crippen MR) is 74.1 cm³/mol. The van der Waals surface area contributed by atoms with Crippen LogP contribution in [0, 0.1) is 5.41 Å². The molecule has 2 atom stereocenters. The highest BCUT2D eigenvalue weighted by molar-refractivity contribution is 5.87. The topological polar surface area (TPSA) is 102 Å². The molecule has 1 aliphatic carbocycles. The van der Waals surface area contributed by atoms with Crippen molar-refractivity contribution >= 4 is 18.0 Å². The van der Waals surface area contributed by atoms with Gasteiger partial charge in [-0.3, -0.25) is 4.79 Å². The van der Waals surface area contributed by atoms with Crippen molar-refractivity contribution in [1.29, 1.82) is 0 Å². The summed E-state index contributed by atoms with van der Waals surface area (Å²) in [6.45, 7) is 3.69. The lowest BCUT2D eigenvalue weighted by Crippen LogP contribution is -2.46. The molecule has 1 aromatic rings. The molecular formula is C14H20N2O5. The normalized spacial score (nSPS) is 25.3. The van der Waals surface area contributed by atoms with Gasteiger partial charge in [-0.15, -0.1) is 0 Å². The number of ether oxygens (including phenoxy) is 1. The lowest BCUT2D eigenvalue weighted by atomic mass is 9.72. The number of aliphatic carboxylic acids is 1. The summed E-state index contributed by atoms with van der Waals surface area (Å²) in [6, 6.07) is -0.130. The van der Waals surface area contributed by atoms with Crippen molar-refractivity contribution in [3.8, 4) is 0 Å². The second kappa shape index (κ2) is 6.15. The third kappa shape index (κ3) is 3.17. The van der Waals surface area contributed by atoms with Crippen molar-refractivity contribution in [2.75, 3.05) is 11.9 Å². The average Bonchev–Trinajstić information content (AvgIpc) is 2.90. The minimum atomic E-state index is -0.864. The Morgan fingerprint density at radius 2 is 2.33 bits per heavy atom. The number of carboxylic acid groups (broad SMARTS) is 1. The molecule has 0 bridgehead atoms. The molecule has 21 heavy (non-hydrogen) atoms. The zero-order valence-corrected chi connectivity index (χ0v) is 12.2. The van der Waals surface area contributed by atoms with Gasteiger partial charge in [0.15, 0.2) is 5.69 Å². The van der Waals surface area contributed by atoms with Gasteiger partial charge in [0.05, 0.1) is 12.0 Å². The van der Waals surface area contributed by atoms with E-state index in [2.05, 4.69) is 10.3 Å². The molecule has 0 amide bonds. The van der Waals surface area contributed by atoms with Crippen LogP contribution in [0.2, 0.25) is 0 Å². The first-order chi connectivity index (χ1) is 9.97. The molecule has 1 fully saturated rings. The molecule has 116 valence electrons. The van der Waals surface area contributed by atoms with E-state index in [9.17, 15) is 14.7 Å². The Labute approximate surface area is 122 Å². The van der Waals surface area contributed by atoms with Crippen LogP contribution in [0.1, 0.15) is 50.0 Å². The Balaban J connectivity index is 2.10. The fourth-order valence-electron chi connectivity index (χ4n) is 2.61. The largest absolute Gasteiger partial charge is 0.481 e. The first kappa shape index (κ1) is 15.3. The van der Waals surface area contributed by atoms with Crippen molar-refractivity contribution in [2.45, 2.75) is 45.6 Å². The molecule has 0 spiro atoms. The van der Waals surface area contributed by atoms with E-state index in [0.717, 1.165) is 19.3 Å². The molecule has 0 saturated heterocycles. The monoisotopic (exact) mass is 296 g/mol. The van der Waals surface area contributed by atoms with Crippen molar-refractivity contribution in [2.24, 2.45) is 5.41 Å². The second-order valence-electron chi connectivity index (χ2n) is 5.42. The Morgan fingerprint density at radius 3 is 3.00 bits per heavy atom. The molecule has 1 heterocycles. The average molecular weight is 296 g/mol. The number of carbonyl (C=O) groups excluding carboxylic acids is 1. The number of carboxylic acids is 1. The number of esters is 1. The van der Waals surface area contributed by atoms with Gasteiger partial charge < -0.3 is 19.6 Å². The van der Waals surface area contributed by atoms with Gasteiger partial charge in [0.1, 0.15) is 6.26 Å². The van der Waals surface area contributed by atoms with Crippen molar-refractivity contribution < 1.29 is 23.8 Å². The zero-order valence-electron chi connectivity index (χ0n) is 12.2. The highest BCUT2D eigenvalue weighted by atomic mass is 16.5. The summed E-state index contributed by atoms with van der Waals surface area (Å²) in [5, 5.41) is 12.4. The quantitative estimate of drug-likeness (QED) is 0.804. The van der Waals surface area contributed by atoms with Crippen LogP contribution in [0.4, 0.5) is 6.01 Å². The minimum Gasteiger partial charge on any atom is -0.481 e. The first-order valence-corrected chi connectivity index (χ1v) is 7.10. The van der Waals surface area contributed by atoms with E-state index in [-0.39, 0.29) is 24.4 Å². The SMILES string of the molecule is CCOC(=O)c1coc(NC2CCCCC2(C)C(=O)O)n1. The number of carbonyl (C=O) groups is 2. The third-order valence-electron chi connectivity index (χ3n) is 3.98. The van der Waals surface area contributed by atoms with E-state index in [0.29, 0.717) is 6.42 Å². The van der Waals surface area contributed by atoms with Crippen molar-refractivity contribution in [3.05, 3.63) is 12.0 Å². The summed E-state index contributed by atoms with van der Waals surface area (Å²) in [5.74, 6) is -1.39. The number of aromatic nitrogens is 1. The molecule has 0 aliphatic heterocycles. The third-order valence-corrected chi connectivity index (χ3v) is 3.98. The van der Waals surface area contributed by atoms with Crippen LogP contribution in [0.25, 0.3) is 0 Å². The molecule has 7 nitrogen and oxygen atoms in total. The molecule has 1 aliphatic rings. The Kier molecular flexibility index (Phi) is 4.50. The maximum absolute atomic E-state index is 11.5. The number of hydrogen-bond donors (Lipinski definition) is 2. The Hall–Kier alpha value is -2.05. The lowest BCUT2D eigenvalue weighted by molar-refractivity contribution is -0.150. The highest BCUT2D eigenvalue weighted by Crippen LogP contribution is 2.38. The molecule has 0 radical (unpaired) electrons. The van der Waals surface area contributed by atoms with Gasteiger partial charge in [0.2, 0.25) is 0 Å². The lowest BCUT2D eigenvalue weighted by Gasteiger charge is -2.37. The van der Waals surface area contributed by atoms with Crippen LogP contribution < -0.4 is 5.32 Å². The molecule has 0 aromatic carbocycles. The summed E-state index contributed by atoms with van der Waals surface area (Å²) in [4.78, 5) is 27.0. The second-order valence-corrected chi connectivity index (χ2v) is 5.42. The Morgan fingerprint density at radius 1 is 1.57 bits per heavy atom.